The molecule has 1 atom stereocenters. The first-order valence-electron chi connectivity index (χ1n) is 8.40. The molecule has 1 aromatic heterocycles. The van der Waals surface area contributed by atoms with Crippen LogP contribution in [0.2, 0.25) is 0 Å². The minimum absolute atomic E-state index is 0.0131. The van der Waals surface area contributed by atoms with Crippen molar-refractivity contribution in [3.63, 3.8) is 0 Å². The minimum atomic E-state index is -0.0131. The normalized spacial score (nSPS) is 25.6. The second-order valence-corrected chi connectivity index (χ2v) is 8.59. The largest absolute Gasteiger partial charge is 0.337 e. The summed E-state index contributed by atoms with van der Waals surface area (Å²) in [7, 11) is 0. The van der Waals surface area contributed by atoms with Crippen LogP contribution in [0.15, 0.2) is 0 Å². The number of hydrogen-bond acceptors (Lipinski definition) is 4. The summed E-state index contributed by atoms with van der Waals surface area (Å²) < 4.78 is 0. The number of amides is 1. The number of nitrogens with zero attached hydrogens (tertiary/aromatic N) is 2. The first-order valence-corrected chi connectivity index (χ1v) is 9.22. The maximum absolute atomic E-state index is 12.9. The van der Waals surface area contributed by atoms with Gasteiger partial charge in [-0.15, -0.1) is 11.3 Å². The Morgan fingerprint density at radius 2 is 2.00 bits per heavy atom. The molecule has 1 aliphatic heterocycles. The monoisotopic (exact) mass is 321 g/mol. The molecule has 122 valence electrons. The number of nitrogens with two attached hydrogens (primary N) is 1. The summed E-state index contributed by atoms with van der Waals surface area (Å²) in [6.07, 6.45) is 5.93. The van der Waals surface area contributed by atoms with E-state index in [1.165, 1.54) is 30.7 Å². The van der Waals surface area contributed by atoms with Crippen LogP contribution in [0.4, 0.5) is 0 Å². The molecule has 1 aliphatic carbocycles. The molecular formula is C17H27N3OS. The van der Waals surface area contributed by atoms with Gasteiger partial charge in [0.1, 0.15) is 4.88 Å². The average molecular weight is 321 g/mol. The smallest absolute Gasteiger partial charge is 0.265 e. The summed E-state index contributed by atoms with van der Waals surface area (Å²) in [4.78, 5) is 20.4. The van der Waals surface area contributed by atoms with E-state index in [1.54, 1.807) is 11.3 Å². The molecule has 1 unspecified atom stereocenters. The van der Waals surface area contributed by atoms with E-state index >= 15 is 0 Å². The van der Waals surface area contributed by atoms with E-state index in [1.807, 2.05) is 11.8 Å². The molecule has 1 amide bonds. The Balaban J connectivity index is 1.77. The third-order valence-electron chi connectivity index (χ3n) is 5.31. The van der Waals surface area contributed by atoms with Crippen LogP contribution in [0, 0.1) is 12.3 Å². The predicted molar refractivity (Wildman–Crippen MR) is 90.3 cm³/mol. The molecule has 0 radical (unpaired) electrons. The second-order valence-electron chi connectivity index (χ2n) is 7.56. The summed E-state index contributed by atoms with van der Waals surface area (Å²) >= 11 is 1.63. The van der Waals surface area contributed by atoms with Crippen molar-refractivity contribution in [3.05, 3.63) is 15.6 Å². The Morgan fingerprint density at radius 3 is 2.64 bits per heavy atom. The van der Waals surface area contributed by atoms with Gasteiger partial charge >= 0.3 is 0 Å². The van der Waals surface area contributed by atoms with Gasteiger partial charge < -0.3 is 10.6 Å². The molecule has 0 bridgehead atoms. The summed E-state index contributed by atoms with van der Waals surface area (Å²) in [6, 6.07) is 0.174. The summed E-state index contributed by atoms with van der Waals surface area (Å²) in [5.74, 6) is 0.732. The first kappa shape index (κ1) is 15.9. The van der Waals surface area contributed by atoms with Crippen LogP contribution in [-0.2, 0) is 0 Å². The molecule has 0 spiro atoms. The number of carbonyl (C=O) groups excluding carboxylic acids is 1. The molecule has 22 heavy (non-hydrogen) atoms. The van der Waals surface area contributed by atoms with Crippen LogP contribution in [0.25, 0.3) is 0 Å². The van der Waals surface area contributed by atoms with Crippen molar-refractivity contribution in [2.45, 2.75) is 64.8 Å². The van der Waals surface area contributed by atoms with Crippen LogP contribution in [-0.4, -0.2) is 34.9 Å². The van der Waals surface area contributed by atoms with Gasteiger partial charge in [0.05, 0.1) is 10.7 Å². The lowest BCUT2D eigenvalue weighted by atomic mass is 9.79. The van der Waals surface area contributed by atoms with Gasteiger partial charge in [-0.2, -0.15) is 0 Å². The number of thiazole rings is 1. The number of aryl methyl sites for hydroxylation is 1. The van der Waals surface area contributed by atoms with Crippen LogP contribution < -0.4 is 5.73 Å². The molecule has 5 heteroatoms. The number of carbonyl (C=O) groups is 1. The van der Waals surface area contributed by atoms with Gasteiger partial charge in [-0.25, -0.2) is 4.98 Å². The molecule has 0 aromatic carbocycles. The molecule has 1 aromatic rings. The zero-order valence-electron chi connectivity index (χ0n) is 13.9. The van der Waals surface area contributed by atoms with Crippen LogP contribution in [0.3, 0.4) is 0 Å². The summed E-state index contributed by atoms with van der Waals surface area (Å²) in [6.45, 7) is 7.78. The highest BCUT2D eigenvalue weighted by Crippen LogP contribution is 2.38. The zero-order valence-corrected chi connectivity index (χ0v) is 14.7. The number of aromatic nitrogens is 1. The van der Waals surface area contributed by atoms with Gasteiger partial charge in [0, 0.05) is 25.0 Å². The molecule has 2 aliphatic rings. The van der Waals surface area contributed by atoms with Gasteiger partial charge in [-0.1, -0.05) is 26.7 Å². The van der Waals surface area contributed by atoms with E-state index in [9.17, 15) is 4.79 Å². The number of hydrogen-bond donors (Lipinski definition) is 1. The van der Waals surface area contributed by atoms with Crippen molar-refractivity contribution in [1.29, 1.82) is 0 Å². The second kappa shape index (κ2) is 5.93. The van der Waals surface area contributed by atoms with Gasteiger partial charge in [-0.05, 0) is 31.6 Å². The van der Waals surface area contributed by atoms with Crippen LogP contribution in [0.1, 0.15) is 72.2 Å². The lowest BCUT2D eigenvalue weighted by Gasteiger charge is -2.42. The van der Waals surface area contributed by atoms with E-state index in [0.717, 1.165) is 30.1 Å². The molecule has 4 nitrogen and oxygen atoms in total. The molecular weight excluding hydrogens is 294 g/mol. The van der Waals surface area contributed by atoms with Crippen LogP contribution in [0.5, 0.6) is 0 Å². The molecule has 2 heterocycles. The van der Waals surface area contributed by atoms with Crippen molar-refractivity contribution in [1.82, 2.24) is 9.88 Å². The molecule has 3 rings (SSSR count). The standard InChI is InChI=1S/C17H27N3OS/c1-11-14(22-15(19-11)12-6-4-5-7-12)16(21)20-9-8-13(18)17(2,3)10-20/h12-13H,4-10,18H2,1-3H3. The highest BCUT2D eigenvalue weighted by atomic mass is 32.1. The van der Waals surface area contributed by atoms with E-state index in [2.05, 4.69) is 13.8 Å². The topological polar surface area (TPSA) is 59.2 Å². The quantitative estimate of drug-likeness (QED) is 0.909. The predicted octanol–water partition coefficient (Wildman–Crippen LogP) is 3.31. The Hall–Kier alpha value is -0.940. The Labute approximate surface area is 137 Å². The SMILES string of the molecule is Cc1nc(C2CCCC2)sc1C(=O)N1CCC(N)C(C)(C)C1. The first-order chi connectivity index (χ1) is 10.4. The maximum atomic E-state index is 12.9. The molecule has 1 saturated carbocycles. The minimum Gasteiger partial charge on any atom is -0.337 e. The van der Waals surface area contributed by atoms with E-state index < -0.39 is 0 Å². The lowest BCUT2D eigenvalue weighted by Crippen LogP contribution is -2.53. The number of piperidine rings is 1. The molecule has 2 N–H and O–H groups in total. The van der Waals surface area contributed by atoms with E-state index in [-0.39, 0.29) is 17.4 Å². The third kappa shape index (κ3) is 2.93. The van der Waals surface area contributed by atoms with Gasteiger partial charge in [-0.3, -0.25) is 4.79 Å². The summed E-state index contributed by atoms with van der Waals surface area (Å²) in [5.41, 5.74) is 7.08. The third-order valence-corrected chi connectivity index (χ3v) is 6.62. The van der Waals surface area contributed by atoms with E-state index in [4.69, 9.17) is 10.7 Å². The Morgan fingerprint density at radius 1 is 1.32 bits per heavy atom. The van der Waals surface area contributed by atoms with E-state index in [0.29, 0.717) is 5.92 Å². The van der Waals surface area contributed by atoms with Crippen molar-refractivity contribution in [2.24, 2.45) is 11.1 Å². The maximum Gasteiger partial charge on any atom is 0.265 e. The highest BCUT2D eigenvalue weighted by Gasteiger charge is 2.36. The van der Waals surface area contributed by atoms with Crippen molar-refractivity contribution >= 4 is 17.2 Å². The summed E-state index contributed by atoms with van der Waals surface area (Å²) in [5, 5.41) is 1.17. The van der Waals surface area contributed by atoms with Gasteiger partial charge in [0.2, 0.25) is 0 Å². The van der Waals surface area contributed by atoms with Crippen LogP contribution >= 0.6 is 11.3 Å². The highest BCUT2D eigenvalue weighted by molar-refractivity contribution is 7.13. The Kier molecular flexibility index (Phi) is 4.29. The van der Waals surface area contributed by atoms with Crippen molar-refractivity contribution < 1.29 is 4.79 Å². The molecule has 2 fully saturated rings. The molecule has 1 saturated heterocycles. The van der Waals surface area contributed by atoms with Gasteiger partial charge in [0.15, 0.2) is 0 Å². The Bertz CT molecular complexity index is 560. The van der Waals surface area contributed by atoms with Crippen molar-refractivity contribution in [2.75, 3.05) is 13.1 Å². The fourth-order valence-corrected chi connectivity index (χ4v) is 4.86. The fraction of sp³-hybridized carbons (Fsp3) is 0.765. The van der Waals surface area contributed by atoms with Gasteiger partial charge in [0.25, 0.3) is 5.91 Å². The lowest BCUT2D eigenvalue weighted by molar-refractivity contribution is 0.0536. The fourth-order valence-electron chi connectivity index (χ4n) is 3.65. The number of likely N-dealkylation sites (tertiary alicyclic amines) is 1. The number of rotatable bonds is 2. The average Bonchev–Trinajstić information content (AvgIpc) is 3.10. The zero-order chi connectivity index (χ0) is 15.9. The van der Waals surface area contributed by atoms with Crippen molar-refractivity contribution in [3.8, 4) is 0 Å².